The van der Waals surface area contributed by atoms with E-state index in [9.17, 15) is 4.79 Å². The molecule has 27 heavy (non-hydrogen) atoms. The van der Waals surface area contributed by atoms with Gasteiger partial charge in [-0.05, 0) is 68.2 Å². The lowest BCUT2D eigenvalue weighted by Gasteiger charge is -2.30. The highest BCUT2D eigenvalue weighted by Gasteiger charge is 2.78. The number of benzene rings is 2. The summed E-state index contributed by atoms with van der Waals surface area (Å²) < 4.78 is 0. The maximum atomic E-state index is 12.3. The minimum atomic E-state index is 0.0700. The number of hydrogen-bond acceptors (Lipinski definition) is 2. The molecule has 5 rings (SSSR count). The second-order valence-corrected chi connectivity index (χ2v) is 8.68. The van der Waals surface area contributed by atoms with Crippen molar-refractivity contribution in [3.05, 3.63) is 71.8 Å². The lowest BCUT2D eigenvalue weighted by Crippen LogP contribution is -2.40. The molecule has 0 aliphatic heterocycles. The molecule has 3 aliphatic carbocycles. The molecule has 0 aromatic heterocycles. The van der Waals surface area contributed by atoms with Gasteiger partial charge in [0.2, 0.25) is 0 Å². The van der Waals surface area contributed by atoms with Gasteiger partial charge in [-0.3, -0.25) is 4.79 Å². The van der Waals surface area contributed by atoms with Crippen molar-refractivity contribution in [2.75, 3.05) is 6.54 Å². The summed E-state index contributed by atoms with van der Waals surface area (Å²) in [4.78, 5) is 12.3. The van der Waals surface area contributed by atoms with Gasteiger partial charge in [0.15, 0.2) is 0 Å². The van der Waals surface area contributed by atoms with Crippen molar-refractivity contribution in [1.82, 2.24) is 10.6 Å². The summed E-state index contributed by atoms with van der Waals surface area (Å²) >= 11 is 0. The fourth-order valence-electron chi connectivity index (χ4n) is 5.11. The molecule has 2 aromatic carbocycles. The van der Waals surface area contributed by atoms with E-state index in [0.717, 1.165) is 42.7 Å². The fourth-order valence-corrected chi connectivity index (χ4v) is 5.11. The molecular formula is C24H28N2O. The molecule has 0 bridgehead atoms. The number of carbonyl (C=O) groups excluding carboxylic acids is 1. The van der Waals surface area contributed by atoms with Crippen LogP contribution in [0.1, 0.15) is 53.9 Å². The third-order valence-electron chi connectivity index (χ3n) is 7.00. The topological polar surface area (TPSA) is 41.1 Å². The highest BCUT2D eigenvalue weighted by atomic mass is 16.1. The van der Waals surface area contributed by atoms with Crippen molar-refractivity contribution >= 4 is 5.91 Å². The van der Waals surface area contributed by atoms with Crippen LogP contribution >= 0.6 is 0 Å². The Labute approximate surface area is 161 Å². The molecule has 2 N–H and O–H groups in total. The van der Waals surface area contributed by atoms with Gasteiger partial charge in [-0.1, -0.05) is 48.5 Å². The molecule has 3 heteroatoms. The minimum Gasteiger partial charge on any atom is -0.349 e. The summed E-state index contributed by atoms with van der Waals surface area (Å²) in [5, 5.41) is 7.14. The molecule has 2 aromatic rings. The molecule has 3 saturated carbocycles. The van der Waals surface area contributed by atoms with E-state index < -0.39 is 0 Å². The van der Waals surface area contributed by atoms with Crippen LogP contribution in [0.2, 0.25) is 0 Å². The summed E-state index contributed by atoms with van der Waals surface area (Å²) in [6, 6.07) is 20.9. The van der Waals surface area contributed by atoms with Crippen LogP contribution in [0.15, 0.2) is 60.7 Å². The van der Waals surface area contributed by atoms with E-state index in [1.807, 2.05) is 30.3 Å². The minimum absolute atomic E-state index is 0.0700. The molecule has 0 saturated heterocycles. The van der Waals surface area contributed by atoms with Gasteiger partial charge in [-0.25, -0.2) is 0 Å². The Bertz CT molecular complexity index is 798. The molecule has 0 radical (unpaired) electrons. The zero-order valence-electron chi connectivity index (χ0n) is 15.7. The highest BCUT2D eigenvalue weighted by molar-refractivity contribution is 5.94. The van der Waals surface area contributed by atoms with Crippen molar-refractivity contribution in [2.45, 2.75) is 49.6 Å². The summed E-state index contributed by atoms with van der Waals surface area (Å²) in [6.45, 7) is 1.14. The SMILES string of the molecule is O=C(NC1CCC(CN[C@]23CC2[C@H]3c2ccccc2)CC1)c1ccccc1. The zero-order chi connectivity index (χ0) is 18.3. The molecule has 3 aliphatic rings. The molecule has 3 atom stereocenters. The van der Waals surface area contributed by atoms with E-state index >= 15 is 0 Å². The maximum absolute atomic E-state index is 12.3. The Morgan fingerprint density at radius 1 is 0.926 bits per heavy atom. The Morgan fingerprint density at radius 3 is 2.26 bits per heavy atom. The van der Waals surface area contributed by atoms with Gasteiger partial charge < -0.3 is 10.6 Å². The first-order valence-electron chi connectivity index (χ1n) is 10.4. The number of rotatable bonds is 6. The van der Waals surface area contributed by atoms with Crippen molar-refractivity contribution in [2.24, 2.45) is 11.8 Å². The first-order chi connectivity index (χ1) is 13.3. The van der Waals surface area contributed by atoms with Gasteiger partial charge in [0.05, 0.1) is 0 Å². The Balaban J connectivity index is 1.06. The van der Waals surface area contributed by atoms with Gasteiger partial charge in [0.1, 0.15) is 0 Å². The van der Waals surface area contributed by atoms with E-state index in [1.165, 1.54) is 24.8 Å². The standard InChI is InChI=1S/C24H28N2O/c27-23(19-9-5-2-6-10-19)26-20-13-11-17(12-14-20)16-25-24-15-21(24)22(24)18-7-3-1-4-8-18/h1-10,17,20-22,25H,11-16H2,(H,26,27)/t17?,20?,21?,22-,24-/m1/s1. The van der Waals surface area contributed by atoms with Crippen LogP contribution in [0.4, 0.5) is 0 Å². The zero-order valence-corrected chi connectivity index (χ0v) is 15.7. The van der Waals surface area contributed by atoms with Crippen LogP contribution < -0.4 is 10.6 Å². The first kappa shape index (κ1) is 17.0. The third-order valence-corrected chi connectivity index (χ3v) is 7.00. The smallest absolute Gasteiger partial charge is 0.251 e. The number of amides is 1. The number of carbonyl (C=O) groups is 1. The van der Waals surface area contributed by atoms with Crippen molar-refractivity contribution < 1.29 is 4.79 Å². The van der Waals surface area contributed by atoms with E-state index in [2.05, 4.69) is 41.0 Å². The van der Waals surface area contributed by atoms with E-state index in [4.69, 9.17) is 0 Å². The van der Waals surface area contributed by atoms with Crippen LogP contribution in [-0.4, -0.2) is 24.0 Å². The van der Waals surface area contributed by atoms with Crippen LogP contribution in [0.25, 0.3) is 0 Å². The summed E-state index contributed by atoms with van der Waals surface area (Å²) in [6.07, 6.45) is 5.98. The quantitative estimate of drug-likeness (QED) is 0.813. The van der Waals surface area contributed by atoms with Crippen LogP contribution in [-0.2, 0) is 0 Å². The molecule has 3 nitrogen and oxygen atoms in total. The van der Waals surface area contributed by atoms with E-state index in [1.54, 1.807) is 0 Å². The van der Waals surface area contributed by atoms with Gasteiger partial charge in [0.25, 0.3) is 5.91 Å². The van der Waals surface area contributed by atoms with Gasteiger partial charge in [-0.15, -0.1) is 0 Å². The first-order valence-corrected chi connectivity index (χ1v) is 10.4. The second kappa shape index (κ2) is 6.79. The normalized spacial score (nSPS) is 33.8. The van der Waals surface area contributed by atoms with Gasteiger partial charge in [0, 0.05) is 23.1 Å². The lowest BCUT2D eigenvalue weighted by molar-refractivity contribution is 0.0921. The number of nitrogens with one attached hydrogen (secondary N) is 2. The van der Waals surface area contributed by atoms with Crippen LogP contribution in [0.5, 0.6) is 0 Å². The molecule has 1 unspecified atom stereocenters. The highest BCUT2D eigenvalue weighted by Crippen LogP contribution is 2.76. The molecule has 140 valence electrons. The maximum Gasteiger partial charge on any atom is 0.251 e. The summed E-state index contributed by atoms with van der Waals surface area (Å²) in [5.74, 6) is 2.45. The number of fused-ring (bicyclic) bond motifs is 1. The summed E-state index contributed by atoms with van der Waals surface area (Å²) in [5.41, 5.74) is 2.70. The Kier molecular flexibility index (Phi) is 4.28. The molecule has 1 amide bonds. The summed E-state index contributed by atoms with van der Waals surface area (Å²) in [7, 11) is 0. The molecule has 0 spiro atoms. The van der Waals surface area contributed by atoms with Gasteiger partial charge >= 0.3 is 0 Å². The van der Waals surface area contributed by atoms with Crippen LogP contribution in [0.3, 0.4) is 0 Å². The van der Waals surface area contributed by atoms with E-state index in [-0.39, 0.29) is 5.91 Å². The lowest BCUT2D eigenvalue weighted by atomic mass is 9.85. The second-order valence-electron chi connectivity index (χ2n) is 8.68. The molecular weight excluding hydrogens is 332 g/mol. The van der Waals surface area contributed by atoms with Crippen LogP contribution in [0, 0.1) is 11.8 Å². The Hall–Kier alpha value is -2.13. The fraction of sp³-hybridized carbons (Fsp3) is 0.458. The van der Waals surface area contributed by atoms with Crippen molar-refractivity contribution in [1.29, 1.82) is 0 Å². The van der Waals surface area contributed by atoms with E-state index in [0.29, 0.717) is 11.6 Å². The predicted molar refractivity (Wildman–Crippen MR) is 108 cm³/mol. The molecule has 0 heterocycles. The monoisotopic (exact) mass is 360 g/mol. The van der Waals surface area contributed by atoms with Gasteiger partial charge in [-0.2, -0.15) is 0 Å². The van der Waals surface area contributed by atoms with Crippen molar-refractivity contribution in [3.8, 4) is 0 Å². The third kappa shape index (κ3) is 3.29. The average molecular weight is 361 g/mol. The molecule has 3 fully saturated rings. The predicted octanol–water partition coefficient (Wildman–Crippen LogP) is 4.12. The average Bonchev–Trinajstić information content (AvgIpc) is 3.59. The largest absolute Gasteiger partial charge is 0.349 e. The van der Waals surface area contributed by atoms with Crippen molar-refractivity contribution in [3.63, 3.8) is 0 Å². The Morgan fingerprint density at radius 2 is 1.59 bits per heavy atom. The number of hydrogen-bond donors (Lipinski definition) is 2.